The summed E-state index contributed by atoms with van der Waals surface area (Å²) in [4.78, 5) is 12.3. The predicted octanol–water partition coefficient (Wildman–Crippen LogP) is 5.45. The number of esters is 1. The molecule has 0 saturated heterocycles. The molecule has 0 amide bonds. The van der Waals surface area contributed by atoms with E-state index >= 15 is 0 Å². The molecule has 0 radical (unpaired) electrons. The fourth-order valence-electron chi connectivity index (χ4n) is 3.85. The SMILES string of the molecule is C=Cc1ccc(OCC(=O)OC2CCCCC2=C2CCCCC2)cc1. The van der Waals surface area contributed by atoms with E-state index in [2.05, 4.69) is 6.58 Å². The van der Waals surface area contributed by atoms with Crippen LogP contribution in [0.1, 0.15) is 63.4 Å². The molecular formula is C22H28O3. The molecule has 1 aromatic carbocycles. The first-order valence-electron chi connectivity index (χ1n) is 9.52. The van der Waals surface area contributed by atoms with E-state index in [0.29, 0.717) is 5.75 Å². The summed E-state index contributed by atoms with van der Waals surface area (Å²) in [7, 11) is 0. The van der Waals surface area contributed by atoms with Gasteiger partial charge in [-0.05, 0) is 74.6 Å². The van der Waals surface area contributed by atoms with Gasteiger partial charge >= 0.3 is 5.97 Å². The van der Waals surface area contributed by atoms with Crippen molar-refractivity contribution in [3.8, 4) is 5.75 Å². The Morgan fingerprint density at radius 1 is 1.04 bits per heavy atom. The summed E-state index contributed by atoms with van der Waals surface area (Å²) < 4.78 is 11.4. The summed E-state index contributed by atoms with van der Waals surface area (Å²) in [6.45, 7) is 3.69. The summed E-state index contributed by atoms with van der Waals surface area (Å²) in [5.41, 5.74) is 4.00. The van der Waals surface area contributed by atoms with Crippen LogP contribution in [0, 0.1) is 0 Å². The van der Waals surface area contributed by atoms with Gasteiger partial charge in [0.1, 0.15) is 11.9 Å². The van der Waals surface area contributed by atoms with Crippen molar-refractivity contribution in [2.45, 2.75) is 63.9 Å². The van der Waals surface area contributed by atoms with Gasteiger partial charge in [-0.15, -0.1) is 0 Å². The van der Waals surface area contributed by atoms with Crippen LogP contribution >= 0.6 is 0 Å². The molecule has 2 aliphatic rings. The molecule has 0 heterocycles. The lowest BCUT2D eigenvalue weighted by molar-refractivity contribution is -0.150. The van der Waals surface area contributed by atoms with Crippen molar-refractivity contribution in [2.24, 2.45) is 0 Å². The number of hydrogen-bond acceptors (Lipinski definition) is 3. The molecule has 2 aliphatic carbocycles. The van der Waals surface area contributed by atoms with Gasteiger partial charge in [-0.1, -0.05) is 36.8 Å². The molecule has 25 heavy (non-hydrogen) atoms. The first-order chi connectivity index (χ1) is 12.3. The maximum absolute atomic E-state index is 12.3. The zero-order valence-corrected chi connectivity index (χ0v) is 15.0. The molecule has 1 unspecified atom stereocenters. The molecule has 134 valence electrons. The Balaban J connectivity index is 1.55. The van der Waals surface area contributed by atoms with Crippen molar-refractivity contribution in [2.75, 3.05) is 6.61 Å². The van der Waals surface area contributed by atoms with Crippen molar-refractivity contribution in [3.05, 3.63) is 47.6 Å². The van der Waals surface area contributed by atoms with Crippen LogP contribution < -0.4 is 4.74 Å². The van der Waals surface area contributed by atoms with Crippen LogP contribution in [0.4, 0.5) is 0 Å². The van der Waals surface area contributed by atoms with Crippen molar-refractivity contribution >= 4 is 12.0 Å². The van der Waals surface area contributed by atoms with E-state index in [1.54, 1.807) is 11.6 Å². The van der Waals surface area contributed by atoms with E-state index in [1.807, 2.05) is 24.3 Å². The van der Waals surface area contributed by atoms with Gasteiger partial charge in [0.05, 0.1) is 0 Å². The number of allylic oxidation sites excluding steroid dienone is 1. The van der Waals surface area contributed by atoms with Crippen LogP contribution in [-0.2, 0) is 9.53 Å². The molecule has 2 saturated carbocycles. The second-order valence-electron chi connectivity index (χ2n) is 6.98. The second-order valence-corrected chi connectivity index (χ2v) is 6.98. The van der Waals surface area contributed by atoms with Gasteiger partial charge in [0.15, 0.2) is 6.61 Å². The van der Waals surface area contributed by atoms with Gasteiger partial charge in [-0.3, -0.25) is 0 Å². The minimum Gasteiger partial charge on any atom is -0.482 e. The molecule has 2 fully saturated rings. The van der Waals surface area contributed by atoms with Gasteiger partial charge in [-0.25, -0.2) is 4.79 Å². The van der Waals surface area contributed by atoms with Crippen LogP contribution in [0.5, 0.6) is 5.75 Å². The minimum absolute atomic E-state index is 0.0268. The fraction of sp³-hybridized carbons (Fsp3) is 0.500. The molecule has 1 aromatic rings. The Kier molecular flexibility index (Phi) is 6.32. The number of rotatable bonds is 5. The lowest BCUT2D eigenvalue weighted by Crippen LogP contribution is -2.27. The van der Waals surface area contributed by atoms with E-state index < -0.39 is 0 Å². The van der Waals surface area contributed by atoms with E-state index in [-0.39, 0.29) is 18.7 Å². The Morgan fingerprint density at radius 2 is 1.76 bits per heavy atom. The van der Waals surface area contributed by atoms with Gasteiger partial charge in [0.2, 0.25) is 0 Å². The zero-order chi connectivity index (χ0) is 17.5. The van der Waals surface area contributed by atoms with Gasteiger partial charge in [0, 0.05) is 0 Å². The second kappa shape index (κ2) is 8.89. The average Bonchev–Trinajstić information content (AvgIpc) is 2.68. The maximum Gasteiger partial charge on any atom is 0.344 e. The van der Waals surface area contributed by atoms with E-state index in [4.69, 9.17) is 9.47 Å². The summed E-state index contributed by atoms with van der Waals surface area (Å²) in [5.74, 6) is 0.408. The molecule has 0 aliphatic heterocycles. The predicted molar refractivity (Wildman–Crippen MR) is 100 cm³/mol. The lowest BCUT2D eigenvalue weighted by Gasteiger charge is -2.29. The van der Waals surface area contributed by atoms with E-state index in [0.717, 1.165) is 24.8 Å². The fourth-order valence-corrected chi connectivity index (χ4v) is 3.85. The lowest BCUT2D eigenvalue weighted by atomic mass is 9.82. The normalized spacial score (nSPS) is 20.9. The van der Waals surface area contributed by atoms with Crippen LogP contribution in [-0.4, -0.2) is 18.7 Å². The molecule has 3 nitrogen and oxygen atoms in total. The van der Waals surface area contributed by atoms with Gasteiger partial charge in [-0.2, -0.15) is 0 Å². The van der Waals surface area contributed by atoms with Gasteiger partial charge in [0.25, 0.3) is 0 Å². The van der Waals surface area contributed by atoms with Crippen LogP contribution in [0.3, 0.4) is 0 Å². The monoisotopic (exact) mass is 340 g/mol. The third kappa shape index (κ3) is 4.97. The highest BCUT2D eigenvalue weighted by Gasteiger charge is 2.26. The Bertz CT molecular complexity index is 619. The summed E-state index contributed by atoms with van der Waals surface area (Å²) in [6, 6.07) is 7.53. The first kappa shape index (κ1) is 17.8. The molecule has 1 atom stereocenters. The maximum atomic E-state index is 12.3. The topological polar surface area (TPSA) is 35.5 Å². The van der Waals surface area contributed by atoms with E-state index in [9.17, 15) is 4.79 Å². The third-order valence-electron chi connectivity index (χ3n) is 5.21. The smallest absolute Gasteiger partial charge is 0.344 e. The van der Waals surface area contributed by atoms with Gasteiger partial charge < -0.3 is 9.47 Å². The van der Waals surface area contributed by atoms with Crippen LogP contribution in [0.25, 0.3) is 6.08 Å². The minimum atomic E-state index is -0.270. The average molecular weight is 340 g/mol. The number of hydrogen-bond donors (Lipinski definition) is 0. The highest BCUT2D eigenvalue weighted by molar-refractivity contribution is 5.71. The molecule has 3 heteroatoms. The summed E-state index contributed by atoms with van der Waals surface area (Å²) >= 11 is 0. The molecule has 0 N–H and O–H groups in total. The number of carbonyl (C=O) groups is 1. The highest BCUT2D eigenvalue weighted by Crippen LogP contribution is 2.35. The Hall–Kier alpha value is -2.03. The highest BCUT2D eigenvalue weighted by atomic mass is 16.6. The largest absolute Gasteiger partial charge is 0.482 e. The summed E-state index contributed by atoms with van der Waals surface area (Å²) in [6.07, 6.45) is 12.4. The van der Waals surface area contributed by atoms with Crippen molar-refractivity contribution in [1.29, 1.82) is 0 Å². The van der Waals surface area contributed by atoms with Crippen molar-refractivity contribution in [1.82, 2.24) is 0 Å². The summed E-state index contributed by atoms with van der Waals surface area (Å²) in [5, 5.41) is 0. The van der Waals surface area contributed by atoms with E-state index in [1.165, 1.54) is 44.1 Å². The molecule has 0 spiro atoms. The Labute approximate surface area is 150 Å². The molecule has 0 bridgehead atoms. The first-order valence-corrected chi connectivity index (χ1v) is 9.52. The standard InChI is InChI=1S/C22H28O3/c1-2-17-12-14-19(15-13-17)24-16-22(23)25-21-11-7-6-10-20(21)18-8-4-3-5-9-18/h2,12-15,21H,1,3-11,16H2. The molecule has 0 aromatic heterocycles. The van der Waals surface area contributed by atoms with Crippen LogP contribution in [0.15, 0.2) is 42.0 Å². The quantitative estimate of drug-likeness (QED) is 0.528. The molecule has 3 rings (SSSR count). The number of carbonyl (C=O) groups excluding carboxylic acids is 1. The number of ether oxygens (including phenoxy) is 2. The number of benzene rings is 1. The molecular weight excluding hydrogens is 312 g/mol. The zero-order valence-electron chi connectivity index (χ0n) is 15.0. The van der Waals surface area contributed by atoms with Crippen LogP contribution in [0.2, 0.25) is 0 Å². The van der Waals surface area contributed by atoms with Crippen molar-refractivity contribution in [3.63, 3.8) is 0 Å². The van der Waals surface area contributed by atoms with Crippen molar-refractivity contribution < 1.29 is 14.3 Å². The third-order valence-corrected chi connectivity index (χ3v) is 5.21. The Morgan fingerprint density at radius 3 is 2.48 bits per heavy atom.